The van der Waals surface area contributed by atoms with Crippen molar-refractivity contribution in [2.75, 3.05) is 12.4 Å². The molecule has 14 heavy (non-hydrogen) atoms. The summed E-state index contributed by atoms with van der Waals surface area (Å²) >= 11 is 0. The first-order valence-electron chi connectivity index (χ1n) is 4.18. The minimum atomic E-state index is -0.747. The average molecular weight is 188 g/mol. The van der Waals surface area contributed by atoms with E-state index in [4.69, 9.17) is 10.00 Å². The standard InChI is InChI=1S/C10H8N2O2/c1-12-6-2-3-7-8(4-6)10(13)14-9(7)5-11/h2-4,9,12H,1H3. The quantitative estimate of drug-likeness (QED) is 0.678. The van der Waals surface area contributed by atoms with Crippen LogP contribution in [0.2, 0.25) is 0 Å². The Kier molecular flexibility index (Phi) is 1.86. The third-order valence-corrected chi connectivity index (χ3v) is 2.19. The van der Waals surface area contributed by atoms with E-state index in [1.165, 1.54) is 0 Å². The van der Waals surface area contributed by atoms with Gasteiger partial charge in [-0.1, -0.05) is 6.07 Å². The zero-order chi connectivity index (χ0) is 10.1. The lowest BCUT2D eigenvalue weighted by molar-refractivity contribution is 0.0478. The molecular weight excluding hydrogens is 180 g/mol. The van der Waals surface area contributed by atoms with Crippen LogP contribution in [0.1, 0.15) is 22.0 Å². The van der Waals surface area contributed by atoms with E-state index in [1.54, 1.807) is 19.2 Å². The molecule has 1 aliphatic rings. The van der Waals surface area contributed by atoms with Gasteiger partial charge < -0.3 is 10.1 Å². The molecule has 0 spiro atoms. The molecule has 1 aromatic rings. The minimum Gasteiger partial charge on any atom is -0.438 e. The van der Waals surface area contributed by atoms with Crippen LogP contribution in [0.4, 0.5) is 5.69 Å². The van der Waals surface area contributed by atoms with Crippen molar-refractivity contribution in [2.45, 2.75) is 6.10 Å². The summed E-state index contributed by atoms with van der Waals surface area (Å²) in [6, 6.07) is 7.16. The van der Waals surface area contributed by atoms with Crippen LogP contribution < -0.4 is 5.32 Å². The van der Waals surface area contributed by atoms with E-state index >= 15 is 0 Å². The van der Waals surface area contributed by atoms with Crippen LogP contribution in [0, 0.1) is 11.3 Å². The number of anilines is 1. The number of esters is 1. The second kappa shape index (κ2) is 3.04. The number of benzene rings is 1. The number of carbonyl (C=O) groups is 1. The van der Waals surface area contributed by atoms with Gasteiger partial charge in [0.15, 0.2) is 0 Å². The van der Waals surface area contributed by atoms with Gasteiger partial charge in [-0.25, -0.2) is 4.79 Å². The van der Waals surface area contributed by atoms with Crippen molar-refractivity contribution in [3.8, 4) is 6.07 Å². The molecule has 0 fully saturated rings. The number of fused-ring (bicyclic) bond motifs is 1. The first-order chi connectivity index (χ1) is 6.76. The van der Waals surface area contributed by atoms with Crippen LogP contribution in [0.3, 0.4) is 0 Å². The average Bonchev–Trinajstić information content (AvgIpc) is 2.55. The summed E-state index contributed by atoms with van der Waals surface area (Å²) in [7, 11) is 1.77. The van der Waals surface area contributed by atoms with Gasteiger partial charge in [0.1, 0.15) is 6.07 Å². The Hall–Kier alpha value is -2.02. The Bertz CT molecular complexity index is 434. The largest absolute Gasteiger partial charge is 0.438 e. The van der Waals surface area contributed by atoms with Crippen molar-refractivity contribution in [3.63, 3.8) is 0 Å². The molecule has 2 rings (SSSR count). The number of rotatable bonds is 1. The third-order valence-electron chi connectivity index (χ3n) is 2.19. The molecule has 1 atom stereocenters. The van der Waals surface area contributed by atoms with Crippen molar-refractivity contribution < 1.29 is 9.53 Å². The van der Waals surface area contributed by atoms with Crippen LogP contribution >= 0.6 is 0 Å². The number of nitrogens with one attached hydrogen (secondary N) is 1. The molecule has 1 aliphatic heterocycles. The summed E-state index contributed by atoms with van der Waals surface area (Å²) in [5.74, 6) is -0.427. The fourth-order valence-electron chi connectivity index (χ4n) is 1.45. The predicted molar refractivity (Wildman–Crippen MR) is 49.8 cm³/mol. The van der Waals surface area contributed by atoms with E-state index < -0.39 is 12.1 Å². The Morgan fingerprint density at radius 1 is 1.57 bits per heavy atom. The number of nitrogens with zero attached hydrogens (tertiary/aromatic N) is 1. The normalized spacial score (nSPS) is 18.3. The van der Waals surface area contributed by atoms with Crippen LogP contribution in [0.5, 0.6) is 0 Å². The Balaban J connectivity index is 2.53. The summed E-state index contributed by atoms with van der Waals surface area (Å²) in [6.07, 6.45) is -0.747. The van der Waals surface area contributed by atoms with E-state index in [-0.39, 0.29) is 0 Å². The lowest BCUT2D eigenvalue weighted by Crippen LogP contribution is -1.96. The summed E-state index contributed by atoms with van der Waals surface area (Å²) in [6.45, 7) is 0. The number of nitriles is 1. The van der Waals surface area contributed by atoms with Gasteiger partial charge in [-0.3, -0.25) is 0 Å². The van der Waals surface area contributed by atoms with Gasteiger partial charge in [0.25, 0.3) is 0 Å². The van der Waals surface area contributed by atoms with Gasteiger partial charge in [0.2, 0.25) is 6.10 Å². The van der Waals surface area contributed by atoms with E-state index in [0.717, 1.165) is 5.69 Å². The molecule has 1 unspecified atom stereocenters. The Labute approximate surface area is 81.1 Å². The highest BCUT2D eigenvalue weighted by Crippen LogP contribution is 2.31. The molecule has 0 bridgehead atoms. The lowest BCUT2D eigenvalue weighted by atomic mass is 10.1. The first kappa shape index (κ1) is 8.57. The molecule has 0 saturated heterocycles. The highest BCUT2D eigenvalue weighted by Gasteiger charge is 2.30. The topological polar surface area (TPSA) is 62.1 Å². The molecular formula is C10H8N2O2. The lowest BCUT2D eigenvalue weighted by Gasteiger charge is -2.01. The highest BCUT2D eigenvalue weighted by molar-refractivity contribution is 5.95. The van der Waals surface area contributed by atoms with Gasteiger partial charge in [-0.15, -0.1) is 0 Å². The monoisotopic (exact) mass is 188 g/mol. The molecule has 1 aromatic carbocycles. The zero-order valence-electron chi connectivity index (χ0n) is 7.57. The van der Waals surface area contributed by atoms with Gasteiger partial charge >= 0.3 is 5.97 Å². The van der Waals surface area contributed by atoms with Crippen LogP contribution in [0.25, 0.3) is 0 Å². The number of hydrogen-bond donors (Lipinski definition) is 1. The number of carbonyl (C=O) groups excluding carboxylic acids is 1. The van der Waals surface area contributed by atoms with E-state index in [9.17, 15) is 4.79 Å². The van der Waals surface area contributed by atoms with Crippen molar-refractivity contribution in [2.24, 2.45) is 0 Å². The van der Waals surface area contributed by atoms with Crippen molar-refractivity contribution in [1.82, 2.24) is 0 Å². The van der Waals surface area contributed by atoms with Crippen LogP contribution in [-0.4, -0.2) is 13.0 Å². The van der Waals surface area contributed by atoms with E-state index in [1.807, 2.05) is 12.1 Å². The van der Waals surface area contributed by atoms with E-state index in [2.05, 4.69) is 5.32 Å². The second-order valence-electron chi connectivity index (χ2n) is 2.97. The number of hydrogen-bond acceptors (Lipinski definition) is 4. The summed E-state index contributed by atoms with van der Waals surface area (Å²) in [5.41, 5.74) is 1.96. The Morgan fingerprint density at radius 2 is 2.36 bits per heavy atom. The highest BCUT2D eigenvalue weighted by atomic mass is 16.5. The molecule has 70 valence electrons. The van der Waals surface area contributed by atoms with Crippen molar-refractivity contribution >= 4 is 11.7 Å². The zero-order valence-corrected chi connectivity index (χ0v) is 7.57. The maximum Gasteiger partial charge on any atom is 0.340 e. The summed E-state index contributed by atoms with van der Waals surface area (Å²) in [5, 5.41) is 11.6. The fraction of sp³-hybridized carbons (Fsp3) is 0.200. The maximum absolute atomic E-state index is 11.3. The summed E-state index contributed by atoms with van der Waals surface area (Å²) < 4.78 is 4.85. The maximum atomic E-state index is 11.3. The molecule has 1 N–H and O–H groups in total. The first-order valence-corrected chi connectivity index (χ1v) is 4.18. The molecule has 0 radical (unpaired) electrons. The molecule has 0 aliphatic carbocycles. The number of cyclic esters (lactones) is 1. The van der Waals surface area contributed by atoms with Gasteiger partial charge in [0, 0.05) is 18.3 Å². The second-order valence-corrected chi connectivity index (χ2v) is 2.97. The van der Waals surface area contributed by atoms with E-state index in [0.29, 0.717) is 11.1 Å². The molecule has 4 nitrogen and oxygen atoms in total. The number of ether oxygens (including phenoxy) is 1. The van der Waals surface area contributed by atoms with Crippen molar-refractivity contribution in [1.29, 1.82) is 5.26 Å². The van der Waals surface area contributed by atoms with Gasteiger partial charge in [-0.05, 0) is 12.1 Å². The van der Waals surface area contributed by atoms with Crippen LogP contribution in [-0.2, 0) is 4.74 Å². The molecule has 4 heteroatoms. The van der Waals surface area contributed by atoms with Gasteiger partial charge in [0.05, 0.1) is 5.56 Å². The SMILES string of the molecule is CNc1ccc2c(c1)C(=O)OC2C#N. The van der Waals surface area contributed by atoms with Crippen molar-refractivity contribution in [3.05, 3.63) is 29.3 Å². The molecule has 0 aromatic heterocycles. The summed E-state index contributed by atoms with van der Waals surface area (Å²) in [4.78, 5) is 11.3. The predicted octanol–water partition coefficient (Wildman–Crippen LogP) is 1.46. The third kappa shape index (κ3) is 1.11. The minimum absolute atomic E-state index is 0.427. The van der Waals surface area contributed by atoms with Gasteiger partial charge in [-0.2, -0.15) is 5.26 Å². The molecule has 0 saturated carbocycles. The Morgan fingerprint density at radius 3 is 3.00 bits per heavy atom. The van der Waals surface area contributed by atoms with Crippen LogP contribution in [0.15, 0.2) is 18.2 Å². The molecule has 0 amide bonds. The fourth-order valence-corrected chi connectivity index (χ4v) is 1.45. The smallest absolute Gasteiger partial charge is 0.340 e. The molecule has 1 heterocycles.